The van der Waals surface area contributed by atoms with Crippen LogP contribution in [0.4, 0.5) is 0 Å². The minimum atomic E-state index is -5.70. The van der Waals surface area contributed by atoms with Gasteiger partial charge in [0, 0.05) is 23.1 Å². The first-order valence-corrected chi connectivity index (χ1v) is 12.4. The van der Waals surface area contributed by atoms with E-state index >= 15 is 0 Å². The molecule has 31 heavy (non-hydrogen) atoms. The lowest BCUT2D eigenvalue weighted by Crippen LogP contribution is -2.33. The van der Waals surface area contributed by atoms with Crippen molar-refractivity contribution < 1.29 is 51.2 Å². The lowest BCUT2D eigenvalue weighted by atomic mass is 10.1. The average molecular weight is 507 g/mol. The van der Waals surface area contributed by atoms with Crippen LogP contribution < -0.4 is 11.2 Å². The van der Waals surface area contributed by atoms with Crippen molar-refractivity contribution >= 4 is 23.5 Å². The van der Waals surface area contributed by atoms with Crippen molar-refractivity contribution in [3.05, 3.63) is 43.0 Å². The highest BCUT2D eigenvalue weighted by atomic mass is 31.3. The molecule has 5 N–H and O–H groups in total. The molecule has 2 heterocycles. The summed E-state index contributed by atoms with van der Waals surface area (Å²) in [6, 6.07) is -1.04. The third-order valence-corrected chi connectivity index (χ3v) is 7.48. The van der Waals surface area contributed by atoms with Gasteiger partial charge in [0.05, 0.1) is 18.8 Å². The molecule has 0 saturated carbocycles. The fraction of sp³-hybridized carbons (Fsp3) is 0.600. The van der Waals surface area contributed by atoms with Crippen molar-refractivity contribution in [3.63, 3.8) is 0 Å². The van der Waals surface area contributed by atoms with E-state index in [9.17, 15) is 28.2 Å². The fourth-order valence-corrected chi connectivity index (χ4v) is 5.52. The molecule has 1 aliphatic heterocycles. The number of aryl methyl sites for hydroxylation is 1. The van der Waals surface area contributed by atoms with Crippen LogP contribution >= 0.6 is 23.5 Å². The summed E-state index contributed by atoms with van der Waals surface area (Å²) < 4.78 is 51.8. The first-order chi connectivity index (χ1) is 14.1. The molecule has 0 bridgehead atoms. The van der Waals surface area contributed by atoms with Crippen molar-refractivity contribution in [1.82, 2.24) is 9.55 Å². The van der Waals surface area contributed by atoms with Crippen LogP contribution in [0.15, 0.2) is 20.9 Å². The van der Waals surface area contributed by atoms with Gasteiger partial charge in [0.15, 0.2) is 0 Å². The summed E-state index contributed by atoms with van der Waals surface area (Å²) in [7, 11) is -16.7. The van der Waals surface area contributed by atoms with E-state index < -0.39 is 59.7 Å². The summed E-state index contributed by atoms with van der Waals surface area (Å²) in [5, 5.41) is 3.42. The monoisotopic (exact) mass is 507 g/mol. The van der Waals surface area contributed by atoms with Crippen LogP contribution in [0, 0.1) is 6.92 Å². The summed E-state index contributed by atoms with van der Waals surface area (Å²) in [4.78, 5) is 63.7. The van der Waals surface area contributed by atoms with E-state index in [0.717, 1.165) is 4.57 Å². The normalized spacial score (nSPS) is 25.4. The second kappa shape index (κ2) is 9.46. The molecule has 0 aromatic carbocycles. The molecule has 1 fully saturated rings. The fourth-order valence-electron chi connectivity index (χ4n) is 2.49. The van der Waals surface area contributed by atoms with Crippen LogP contribution in [0.1, 0.15) is 18.2 Å². The smallest absolute Gasteiger partial charge is 0.352 e. The molecule has 5 atom stereocenters. The van der Waals surface area contributed by atoms with Crippen LogP contribution in [-0.2, 0) is 31.6 Å². The Kier molecular flexibility index (Phi) is 7.82. The van der Waals surface area contributed by atoms with Crippen molar-refractivity contribution in [2.45, 2.75) is 31.7 Å². The van der Waals surface area contributed by atoms with E-state index in [1.807, 2.05) is 4.98 Å². The standard InChI is InChI=1S/C10H16N5O13P3/c1-5-3-15(10(17)12-9(5)16)8-2-6(13-14-11)7(26-8)4-25-30(21,22)28-31(23,24)27-29(18,19)20/h3,6-8H,2,4H2,1H3,(H,21,22)(H,23,24)(H,12,16,17)(H2,18,19,20)/t6-,7+,8+/m1/s1. The molecule has 0 radical (unpaired) electrons. The quantitative estimate of drug-likeness (QED) is 0.129. The summed E-state index contributed by atoms with van der Waals surface area (Å²) in [5.74, 6) is 0. The molecule has 174 valence electrons. The number of hydrogen-bond donors (Lipinski definition) is 5. The molecular weight excluding hydrogens is 491 g/mol. The highest BCUT2D eigenvalue weighted by Gasteiger charge is 2.43. The zero-order chi connectivity index (χ0) is 23.6. The number of azide groups is 1. The maximum Gasteiger partial charge on any atom is 0.490 e. The number of nitrogens with zero attached hydrogens (tertiary/aromatic N) is 4. The number of hydrogen-bond acceptors (Lipinski definition) is 10. The minimum Gasteiger partial charge on any atom is -0.352 e. The Labute approximate surface area is 171 Å². The van der Waals surface area contributed by atoms with Gasteiger partial charge >= 0.3 is 29.2 Å². The van der Waals surface area contributed by atoms with E-state index in [4.69, 9.17) is 24.9 Å². The van der Waals surface area contributed by atoms with Crippen molar-refractivity contribution in [3.8, 4) is 0 Å². The summed E-state index contributed by atoms with van der Waals surface area (Å²) in [6.07, 6.45) is -1.26. The first kappa shape index (κ1) is 25.6. The van der Waals surface area contributed by atoms with Crippen LogP contribution in [0.25, 0.3) is 10.4 Å². The van der Waals surface area contributed by atoms with Crippen molar-refractivity contribution in [2.75, 3.05) is 6.61 Å². The number of aromatic nitrogens is 2. The summed E-state index contributed by atoms with van der Waals surface area (Å²) in [5.41, 5.74) is 7.38. The molecule has 0 amide bonds. The molecular formula is C10H16N5O13P3. The second-order valence-electron chi connectivity index (χ2n) is 6.00. The lowest BCUT2D eigenvalue weighted by Gasteiger charge is -2.19. The summed E-state index contributed by atoms with van der Waals surface area (Å²) >= 11 is 0. The van der Waals surface area contributed by atoms with Gasteiger partial charge in [-0.1, -0.05) is 5.11 Å². The largest absolute Gasteiger partial charge is 0.490 e. The molecule has 1 aliphatic rings. The maximum absolute atomic E-state index is 12.0. The van der Waals surface area contributed by atoms with Gasteiger partial charge in [-0.2, -0.15) is 8.62 Å². The predicted octanol–water partition coefficient (Wildman–Crippen LogP) is 0.155. The number of ether oxygens (including phenoxy) is 1. The van der Waals surface area contributed by atoms with Gasteiger partial charge < -0.3 is 24.3 Å². The van der Waals surface area contributed by atoms with Crippen LogP contribution in [0.2, 0.25) is 0 Å². The van der Waals surface area contributed by atoms with E-state index in [0.29, 0.717) is 0 Å². The van der Waals surface area contributed by atoms with Crippen LogP contribution in [-0.4, -0.2) is 47.9 Å². The van der Waals surface area contributed by atoms with E-state index in [1.165, 1.54) is 13.1 Å². The zero-order valence-electron chi connectivity index (χ0n) is 15.3. The molecule has 1 aromatic heterocycles. The van der Waals surface area contributed by atoms with Crippen molar-refractivity contribution in [1.29, 1.82) is 0 Å². The number of aromatic amines is 1. The van der Waals surface area contributed by atoms with Gasteiger partial charge in [-0.15, -0.1) is 0 Å². The predicted molar refractivity (Wildman–Crippen MR) is 97.3 cm³/mol. The number of phosphoric acid groups is 3. The number of nitrogens with one attached hydrogen (secondary N) is 1. The van der Waals surface area contributed by atoms with E-state index in [-0.39, 0.29) is 12.0 Å². The van der Waals surface area contributed by atoms with Gasteiger partial charge in [0.1, 0.15) is 6.23 Å². The average Bonchev–Trinajstić information content (AvgIpc) is 2.96. The highest BCUT2D eigenvalue weighted by Crippen LogP contribution is 2.66. The summed E-state index contributed by atoms with van der Waals surface area (Å²) in [6.45, 7) is 0.544. The third kappa shape index (κ3) is 7.47. The molecule has 18 nitrogen and oxygen atoms in total. The maximum atomic E-state index is 12.0. The number of phosphoric ester groups is 1. The molecule has 1 saturated heterocycles. The first-order valence-electron chi connectivity index (χ1n) is 7.92. The van der Waals surface area contributed by atoms with Gasteiger partial charge in [0.2, 0.25) is 0 Å². The minimum absolute atomic E-state index is 0.111. The molecule has 0 aliphatic carbocycles. The molecule has 2 rings (SSSR count). The van der Waals surface area contributed by atoms with Gasteiger partial charge in [0.25, 0.3) is 5.56 Å². The van der Waals surface area contributed by atoms with E-state index in [1.54, 1.807) is 0 Å². The van der Waals surface area contributed by atoms with E-state index in [2.05, 4.69) is 23.2 Å². The molecule has 0 spiro atoms. The van der Waals surface area contributed by atoms with Crippen LogP contribution in [0.5, 0.6) is 0 Å². The molecule has 21 heteroatoms. The Morgan fingerprint density at radius 3 is 2.48 bits per heavy atom. The number of H-pyrrole nitrogens is 1. The van der Waals surface area contributed by atoms with Gasteiger partial charge in [-0.05, 0) is 12.5 Å². The Balaban J connectivity index is 2.14. The Morgan fingerprint density at radius 2 is 1.90 bits per heavy atom. The Hall–Kier alpha value is -1.64. The van der Waals surface area contributed by atoms with Gasteiger partial charge in [-0.3, -0.25) is 18.9 Å². The molecule has 1 aromatic rings. The zero-order valence-corrected chi connectivity index (χ0v) is 18.0. The molecule has 2 unspecified atom stereocenters. The topological polar surface area (TPSA) is 273 Å². The van der Waals surface area contributed by atoms with Crippen molar-refractivity contribution in [2.24, 2.45) is 5.11 Å². The second-order valence-corrected chi connectivity index (χ2v) is 10.4. The number of rotatable bonds is 9. The Morgan fingerprint density at radius 1 is 1.26 bits per heavy atom. The lowest BCUT2D eigenvalue weighted by molar-refractivity contribution is -0.0267. The van der Waals surface area contributed by atoms with Gasteiger partial charge in [-0.25, -0.2) is 18.5 Å². The third-order valence-electron chi connectivity index (χ3n) is 3.68. The Bertz CT molecular complexity index is 1140. The highest BCUT2D eigenvalue weighted by molar-refractivity contribution is 7.66. The van der Waals surface area contributed by atoms with Crippen LogP contribution in [0.3, 0.4) is 0 Å². The SMILES string of the molecule is Cc1cn([C@@H]2C[C@@H](N=[N+]=[N-])[C@H](COP(=O)(O)OP(=O)(O)OP(=O)(O)O)O2)c(=O)[nH]c1=O.